The first-order valence-electron chi connectivity index (χ1n) is 8.53. The Kier molecular flexibility index (Phi) is 9.92. The van der Waals surface area contributed by atoms with Crippen molar-refractivity contribution in [3.8, 4) is 0 Å². The summed E-state index contributed by atoms with van der Waals surface area (Å²) >= 11 is 0. The molecular formula is C18H30ClN3O. The molecule has 5 heteroatoms. The minimum absolute atomic E-state index is 0. The predicted molar refractivity (Wildman–Crippen MR) is 97.9 cm³/mol. The van der Waals surface area contributed by atoms with Gasteiger partial charge in [0, 0.05) is 38.6 Å². The smallest absolute Gasteiger partial charge is 0.221 e. The van der Waals surface area contributed by atoms with Crippen LogP contribution >= 0.6 is 12.4 Å². The summed E-state index contributed by atoms with van der Waals surface area (Å²) in [6.07, 6.45) is 6.37. The number of benzene rings is 1. The highest BCUT2D eigenvalue weighted by Crippen LogP contribution is 2.17. The molecule has 130 valence electrons. The van der Waals surface area contributed by atoms with Gasteiger partial charge in [-0.1, -0.05) is 43.2 Å². The predicted octanol–water partition coefficient (Wildman–Crippen LogP) is 2.36. The highest BCUT2D eigenvalue weighted by atomic mass is 35.5. The van der Waals surface area contributed by atoms with E-state index >= 15 is 0 Å². The lowest BCUT2D eigenvalue weighted by Gasteiger charge is -2.22. The molecule has 0 spiro atoms. The van der Waals surface area contributed by atoms with Crippen molar-refractivity contribution >= 4 is 18.3 Å². The second-order valence-corrected chi connectivity index (χ2v) is 6.16. The number of carbonyl (C=O) groups excluding carboxylic acids is 1. The van der Waals surface area contributed by atoms with Crippen LogP contribution in [0.3, 0.4) is 0 Å². The van der Waals surface area contributed by atoms with Crippen molar-refractivity contribution in [1.82, 2.24) is 10.2 Å². The number of nitrogens with one attached hydrogen (secondary N) is 1. The molecule has 0 saturated heterocycles. The number of carbonyl (C=O) groups is 1. The van der Waals surface area contributed by atoms with Crippen molar-refractivity contribution in [2.75, 3.05) is 26.2 Å². The fourth-order valence-electron chi connectivity index (χ4n) is 3.08. The molecule has 23 heavy (non-hydrogen) atoms. The zero-order valence-electron chi connectivity index (χ0n) is 13.9. The molecule has 0 aromatic heterocycles. The lowest BCUT2D eigenvalue weighted by atomic mass is 10.1. The van der Waals surface area contributed by atoms with Crippen molar-refractivity contribution in [3.05, 3.63) is 35.9 Å². The van der Waals surface area contributed by atoms with Crippen LogP contribution in [0.25, 0.3) is 0 Å². The summed E-state index contributed by atoms with van der Waals surface area (Å²) in [7, 11) is 0. The monoisotopic (exact) mass is 339 g/mol. The number of hydrogen-bond donors (Lipinski definition) is 2. The topological polar surface area (TPSA) is 58.4 Å². The van der Waals surface area contributed by atoms with E-state index in [0.717, 1.165) is 38.9 Å². The van der Waals surface area contributed by atoms with Gasteiger partial charge in [-0.15, -0.1) is 12.4 Å². The Labute approximate surface area is 146 Å². The molecule has 0 unspecified atom stereocenters. The van der Waals surface area contributed by atoms with Crippen molar-refractivity contribution in [2.45, 2.75) is 44.6 Å². The van der Waals surface area contributed by atoms with Gasteiger partial charge >= 0.3 is 0 Å². The summed E-state index contributed by atoms with van der Waals surface area (Å²) in [5.41, 5.74) is 7.03. The Morgan fingerprint density at radius 2 is 1.83 bits per heavy atom. The van der Waals surface area contributed by atoms with Gasteiger partial charge in [0.25, 0.3) is 0 Å². The number of nitrogens with zero attached hydrogens (tertiary/aromatic N) is 1. The van der Waals surface area contributed by atoms with E-state index in [4.69, 9.17) is 5.73 Å². The van der Waals surface area contributed by atoms with Crippen LogP contribution in [0.4, 0.5) is 0 Å². The summed E-state index contributed by atoms with van der Waals surface area (Å²) in [6.45, 7) is 3.24. The molecule has 1 amide bonds. The average molecular weight is 340 g/mol. The molecule has 0 heterocycles. The van der Waals surface area contributed by atoms with Crippen molar-refractivity contribution in [3.63, 3.8) is 0 Å². The van der Waals surface area contributed by atoms with Crippen LogP contribution < -0.4 is 11.1 Å². The molecule has 0 radical (unpaired) electrons. The van der Waals surface area contributed by atoms with Gasteiger partial charge in [-0.2, -0.15) is 0 Å². The van der Waals surface area contributed by atoms with E-state index in [2.05, 4.69) is 34.5 Å². The molecule has 1 aromatic rings. The molecular weight excluding hydrogens is 310 g/mol. The number of rotatable bonds is 9. The van der Waals surface area contributed by atoms with Gasteiger partial charge < -0.3 is 16.0 Å². The van der Waals surface area contributed by atoms with Crippen LogP contribution in [0, 0.1) is 0 Å². The van der Waals surface area contributed by atoms with E-state index < -0.39 is 0 Å². The second-order valence-electron chi connectivity index (χ2n) is 6.16. The number of nitrogens with two attached hydrogens (primary N) is 1. The van der Waals surface area contributed by atoms with Crippen LogP contribution in [0.15, 0.2) is 30.3 Å². The maximum atomic E-state index is 12.0. The first-order valence-corrected chi connectivity index (χ1v) is 8.53. The van der Waals surface area contributed by atoms with Crippen LogP contribution in [-0.2, 0) is 11.2 Å². The minimum Gasteiger partial charge on any atom is -0.353 e. The Balaban J connectivity index is 0.00000264. The highest BCUT2D eigenvalue weighted by molar-refractivity contribution is 5.85. The van der Waals surface area contributed by atoms with Crippen molar-refractivity contribution in [2.24, 2.45) is 5.73 Å². The maximum absolute atomic E-state index is 12.0. The van der Waals surface area contributed by atoms with E-state index in [1.807, 2.05) is 6.07 Å². The third kappa shape index (κ3) is 7.82. The Hall–Kier alpha value is -1.10. The second kappa shape index (κ2) is 11.4. The lowest BCUT2D eigenvalue weighted by Crippen LogP contribution is -2.37. The van der Waals surface area contributed by atoms with E-state index in [1.165, 1.54) is 18.4 Å². The third-order valence-electron chi connectivity index (χ3n) is 4.38. The Bertz CT molecular complexity index is 435. The Morgan fingerprint density at radius 3 is 2.48 bits per heavy atom. The first kappa shape index (κ1) is 19.9. The number of amides is 1. The van der Waals surface area contributed by atoms with Crippen LogP contribution in [0.2, 0.25) is 0 Å². The summed E-state index contributed by atoms with van der Waals surface area (Å²) in [6, 6.07) is 10.9. The summed E-state index contributed by atoms with van der Waals surface area (Å²) in [4.78, 5) is 14.3. The molecule has 4 nitrogen and oxygen atoms in total. The van der Waals surface area contributed by atoms with Gasteiger partial charge in [-0.05, 0) is 24.8 Å². The van der Waals surface area contributed by atoms with Crippen molar-refractivity contribution < 1.29 is 4.79 Å². The standard InChI is InChI=1S/C18H29N3O.ClH/c19-12-15-21(13-10-16-6-2-1-3-7-16)14-11-18(22)20-17-8-4-5-9-17;/h1-3,6-7,17H,4-5,8-15,19H2,(H,20,22);1H. The highest BCUT2D eigenvalue weighted by Gasteiger charge is 2.17. The van der Waals surface area contributed by atoms with E-state index in [0.29, 0.717) is 19.0 Å². The molecule has 1 aliphatic carbocycles. The molecule has 1 aliphatic rings. The van der Waals surface area contributed by atoms with Crippen LogP contribution in [0.1, 0.15) is 37.7 Å². The van der Waals surface area contributed by atoms with Crippen LogP contribution in [-0.4, -0.2) is 43.0 Å². The van der Waals surface area contributed by atoms with Gasteiger partial charge in [0.1, 0.15) is 0 Å². The Morgan fingerprint density at radius 1 is 1.13 bits per heavy atom. The first-order chi connectivity index (χ1) is 10.8. The van der Waals surface area contributed by atoms with E-state index in [9.17, 15) is 4.79 Å². The van der Waals surface area contributed by atoms with Crippen LogP contribution in [0.5, 0.6) is 0 Å². The van der Waals surface area contributed by atoms with Gasteiger partial charge in [0.05, 0.1) is 0 Å². The molecule has 0 bridgehead atoms. The zero-order chi connectivity index (χ0) is 15.6. The maximum Gasteiger partial charge on any atom is 0.221 e. The largest absolute Gasteiger partial charge is 0.353 e. The molecule has 2 rings (SSSR count). The third-order valence-corrected chi connectivity index (χ3v) is 4.38. The van der Waals surface area contributed by atoms with Crippen molar-refractivity contribution in [1.29, 1.82) is 0 Å². The molecule has 1 saturated carbocycles. The number of halogens is 1. The summed E-state index contributed by atoms with van der Waals surface area (Å²) in [5, 5.41) is 3.15. The normalized spacial score (nSPS) is 14.7. The molecule has 0 aliphatic heterocycles. The molecule has 1 aromatic carbocycles. The van der Waals surface area contributed by atoms with Gasteiger partial charge in [-0.25, -0.2) is 0 Å². The quantitative estimate of drug-likeness (QED) is 0.726. The molecule has 1 fully saturated rings. The fraction of sp³-hybridized carbons (Fsp3) is 0.611. The molecule has 0 atom stereocenters. The average Bonchev–Trinajstić information content (AvgIpc) is 3.04. The SMILES string of the molecule is Cl.NCCN(CCC(=O)NC1CCCC1)CCc1ccccc1. The lowest BCUT2D eigenvalue weighted by molar-refractivity contribution is -0.122. The number of hydrogen-bond acceptors (Lipinski definition) is 3. The summed E-state index contributed by atoms with van der Waals surface area (Å²) in [5.74, 6) is 0.189. The fourth-order valence-corrected chi connectivity index (χ4v) is 3.08. The van der Waals surface area contributed by atoms with Gasteiger partial charge in [-0.3, -0.25) is 4.79 Å². The zero-order valence-corrected chi connectivity index (χ0v) is 14.7. The van der Waals surface area contributed by atoms with Gasteiger partial charge in [0.2, 0.25) is 5.91 Å². The van der Waals surface area contributed by atoms with Gasteiger partial charge in [0.15, 0.2) is 0 Å². The van der Waals surface area contributed by atoms with E-state index in [1.54, 1.807) is 0 Å². The summed E-state index contributed by atoms with van der Waals surface area (Å²) < 4.78 is 0. The molecule has 3 N–H and O–H groups in total. The minimum atomic E-state index is 0. The van der Waals surface area contributed by atoms with E-state index in [-0.39, 0.29) is 18.3 Å².